The number of halogens is 2. The van der Waals surface area contributed by atoms with Crippen LogP contribution in [0.3, 0.4) is 0 Å². The Hall–Kier alpha value is -2.89. The second kappa shape index (κ2) is 8.42. The van der Waals surface area contributed by atoms with Crippen LogP contribution in [0.4, 0.5) is 5.69 Å². The summed E-state index contributed by atoms with van der Waals surface area (Å²) >= 11 is 11.8. The van der Waals surface area contributed by atoms with Crippen LogP contribution >= 0.6 is 23.2 Å². The van der Waals surface area contributed by atoms with E-state index in [9.17, 15) is 20.1 Å². The highest BCUT2D eigenvalue weighted by atomic mass is 35.5. The lowest BCUT2D eigenvalue weighted by molar-refractivity contribution is 0.102. The summed E-state index contributed by atoms with van der Waals surface area (Å²) in [6, 6.07) is 15.5. The Labute approximate surface area is 171 Å². The first-order valence-corrected chi connectivity index (χ1v) is 9.19. The Morgan fingerprint density at radius 3 is 2.21 bits per heavy atom. The third kappa shape index (κ3) is 4.32. The van der Waals surface area contributed by atoms with Gasteiger partial charge >= 0.3 is 0 Å². The zero-order valence-electron chi connectivity index (χ0n) is 14.6. The fraction of sp³-hybridized carbons (Fsp3) is 0.0952. The lowest BCUT2D eigenvalue weighted by Gasteiger charge is -2.13. The van der Waals surface area contributed by atoms with E-state index in [4.69, 9.17) is 23.2 Å². The zero-order valence-corrected chi connectivity index (χ0v) is 16.1. The summed E-state index contributed by atoms with van der Waals surface area (Å²) in [6.07, 6.45) is 0.962. The predicted molar refractivity (Wildman–Crippen MR) is 110 cm³/mol. The largest absolute Gasteiger partial charge is 0.504 e. The van der Waals surface area contributed by atoms with E-state index < -0.39 is 23.2 Å². The van der Waals surface area contributed by atoms with E-state index in [0.29, 0.717) is 29.1 Å². The Kier molecular flexibility index (Phi) is 5.97. The minimum Gasteiger partial charge on any atom is -0.504 e. The van der Waals surface area contributed by atoms with Gasteiger partial charge in [-0.2, -0.15) is 0 Å². The van der Waals surface area contributed by atoms with Crippen molar-refractivity contribution in [1.29, 1.82) is 0 Å². The molecule has 0 aromatic heterocycles. The van der Waals surface area contributed by atoms with Crippen LogP contribution in [-0.4, -0.2) is 21.2 Å². The van der Waals surface area contributed by atoms with Crippen LogP contribution < -0.4 is 5.32 Å². The van der Waals surface area contributed by atoms with Gasteiger partial charge in [-0.15, -0.1) is 0 Å². The molecular formula is C21H17Cl2NO4. The highest BCUT2D eigenvalue weighted by Gasteiger charge is 2.21. The normalized spacial score (nSPS) is 10.6. The van der Waals surface area contributed by atoms with Crippen molar-refractivity contribution in [2.45, 2.75) is 12.8 Å². The number of amides is 1. The van der Waals surface area contributed by atoms with Crippen LogP contribution in [0.25, 0.3) is 0 Å². The zero-order chi connectivity index (χ0) is 20.3. The van der Waals surface area contributed by atoms with Gasteiger partial charge in [-0.3, -0.25) is 4.79 Å². The number of carbonyl (C=O) groups is 1. The Morgan fingerprint density at radius 2 is 1.54 bits per heavy atom. The number of benzene rings is 3. The van der Waals surface area contributed by atoms with Crippen molar-refractivity contribution in [3.8, 4) is 17.2 Å². The number of hydrogen-bond acceptors (Lipinski definition) is 4. The van der Waals surface area contributed by atoms with E-state index in [1.807, 2.05) is 30.3 Å². The molecule has 0 spiro atoms. The number of anilines is 1. The van der Waals surface area contributed by atoms with Gasteiger partial charge in [-0.05, 0) is 48.2 Å². The quantitative estimate of drug-likeness (QED) is 0.432. The SMILES string of the molecule is O=C(Nc1ccc(Cl)c(Cl)c1)c1cc(CCc2ccccc2)c(O)c(O)c1O. The number of phenols is 3. The fourth-order valence-corrected chi connectivity index (χ4v) is 3.06. The smallest absolute Gasteiger partial charge is 0.259 e. The molecule has 0 fully saturated rings. The third-order valence-corrected chi connectivity index (χ3v) is 5.01. The summed E-state index contributed by atoms with van der Waals surface area (Å²) in [7, 11) is 0. The van der Waals surface area contributed by atoms with Gasteiger partial charge in [0.25, 0.3) is 5.91 Å². The molecular weight excluding hydrogens is 401 g/mol. The van der Waals surface area contributed by atoms with Crippen LogP contribution in [0.1, 0.15) is 21.5 Å². The number of phenolic OH excluding ortho intramolecular Hbond substituents is 3. The van der Waals surface area contributed by atoms with Crippen molar-refractivity contribution in [3.63, 3.8) is 0 Å². The highest BCUT2D eigenvalue weighted by molar-refractivity contribution is 6.42. The molecule has 0 radical (unpaired) electrons. The molecule has 3 aromatic rings. The van der Waals surface area contributed by atoms with E-state index >= 15 is 0 Å². The first-order valence-electron chi connectivity index (χ1n) is 8.44. The Balaban J connectivity index is 1.86. The van der Waals surface area contributed by atoms with E-state index in [1.54, 1.807) is 6.07 Å². The van der Waals surface area contributed by atoms with Gasteiger partial charge < -0.3 is 20.6 Å². The topological polar surface area (TPSA) is 89.8 Å². The predicted octanol–water partition coefficient (Wildman–Crippen LogP) is 5.15. The fourth-order valence-electron chi connectivity index (χ4n) is 2.76. The molecule has 4 N–H and O–H groups in total. The molecule has 0 saturated carbocycles. The first-order chi connectivity index (χ1) is 13.4. The third-order valence-electron chi connectivity index (χ3n) is 4.27. The summed E-state index contributed by atoms with van der Waals surface area (Å²) < 4.78 is 0. The minimum absolute atomic E-state index is 0.163. The van der Waals surface area contributed by atoms with Crippen molar-refractivity contribution in [1.82, 2.24) is 0 Å². The molecule has 28 heavy (non-hydrogen) atoms. The van der Waals surface area contributed by atoms with E-state index in [1.165, 1.54) is 18.2 Å². The van der Waals surface area contributed by atoms with Crippen molar-refractivity contribution in [2.75, 3.05) is 5.32 Å². The summed E-state index contributed by atoms with van der Waals surface area (Å²) in [5.41, 5.74) is 1.59. The van der Waals surface area contributed by atoms with Crippen LogP contribution in [0, 0.1) is 0 Å². The number of nitrogens with one attached hydrogen (secondary N) is 1. The summed E-state index contributed by atoms with van der Waals surface area (Å²) in [4.78, 5) is 12.6. The second-order valence-corrected chi connectivity index (χ2v) is 7.01. The molecule has 0 aliphatic rings. The molecule has 3 aromatic carbocycles. The van der Waals surface area contributed by atoms with Crippen molar-refractivity contribution >= 4 is 34.8 Å². The molecule has 7 heteroatoms. The van der Waals surface area contributed by atoms with Gasteiger partial charge in [-0.1, -0.05) is 53.5 Å². The summed E-state index contributed by atoms with van der Waals surface area (Å²) in [5.74, 6) is -2.53. The van der Waals surface area contributed by atoms with Crippen LogP contribution in [0.5, 0.6) is 17.2 Å². The minimum atomic E-state index is -0.732. The van der Waals surface area contributed by atoms with Gasteiger partial charge in [-0.25, -0.2) is 0 Å². The molecule has 0 unspecified atom stereocenters. The number of rotatable bonds is 5. The maximum atomic E-state index is 12.6. The molecule has 3 rings (SSSR count). The lowest BCUT2D eigenvalue weighted by Crippen LogP contribution is -2.13. The number of hydrogen-bond donors (Lipinski definition) is 4. The van der Waals surface area contributed by atoms with Gasteiger partial charge in [0.2, 0.25) is 5.75 Å². The van der Waals surface area contributed by atoms with Crippen LogP contribution in [0.15, 0.2) is 54.6 Å². The van der Waals surface area contributed by atoms with Crippen LogP contribution in [0.2, 0.25) is 10.0 Å². The monoisotopic (exact) mass is 417 g/mol. The first kappa shape index (κ1) is 19.9. The van der Waals surface area contributed by atoms with Crippen molar-refractivity contribution in [3.05, 3.63) is 81.3 Å². The Bertz CT molecular complexity index is 1020. The molecule has 1 amide bonds. The number of aryl methyl sites for hydroxylation is 2. The van der Waals surface area contributed by atoms with Gasteiger partial charge in [0, 0.05) is 5.69 Å². The number of aromatic hydroxyl groups is 3. The molecule has 0 aliphatic carbocycles. The van der Waals surface area contributed by atoms with Gasteiger partial charge in [0.05, 0.1) is 15.6 Å². The molecule has 0 saturated heterocycles. The molecule has 0 heterocycles. The lowest BCUT2D eigenvalue weighted by atomic mass is 10.00. The van der Waals surface area contributed by atoms with Gasteiger partial charge in [0.15, 0.2) is 11.5 Å². The van der Waals surface area contributed by atoms with Crippen LogP contribution in [-0.2, 0) is 12.8 Å². The standard InChI is InChI=1S/C21H17Cl2NO4/c22-16-9-8-14(11-17(16)23)24-21(28)15-10-13(18(25)20(27)19(15)26)7-6-12-4-2-1-3-5-12/h1-5,8-11,25-27H,6-7H2,(H,24,28). The maximum absolute atomic E-state index is 12.6. The highest BCUT2D eigenvalue weighted by Crippen LogP contribution is 2.41. The average molecular weight is 418 g/mol. The number of carbonyl (C=O) groups excluding carboxylic acids is 1. The van der Waals surface area contributed by atoms with E-state index in [0.717, 1.165) is 5.56 Å². The van der Waals surface area contributed by atoms with E-state index in [-0.39, 0.29) is 10.6 Å². The molecule has 0 atom stereocenters. The molecule has 0 aliphatic heterocycles. The molecule has 5 nitrogen and oxygen atoms in total. The second-order valence-electron chi connectivity index (χ2n) is 6.20. The van der Waals surface area contributed by atoms with Gasteiger partial charge in [0.1, 0.15) is 0 Å². The van der Waals surface area contributed by atoms with E-state index in [2.05, 4.69) is 5.32 Å². The average Bonchev–Trinajstić information content (AvgIpc) is 2.69. The van der Waals surface area contributed by atoms with Crippen molar-refractivity contribution in [2.24, 2.45) is 0 Å². The summed E-state index contributed by atoms with van der Waals surface area (Å²) in [5, 5.41) is 33.5. The summed E-state index contributed by atoms with van der Waals surface area (Å²) in [6.45, 7) is 0. The molecule has 144 valence electrons. The van der Waals surface area contributed by atoms with Crippen molar-refractivity contribution < 1.29 is 20.1 Å². The molecule has 0 bridgehead atoms. The Morgan fingerprint density at radius 1 is 0.821 bits per heavy atom. The maximum Gasteiger partial charge on any atom is 0.259 e.